The van der Waals surface area contributed by atoms with Crippen LogP contribution in [-0.2, 0) is 0 Å². The number of hydrogen-bond acceptors (Lipinski definition) is 3. The van der Waals surface area contributed by atoms with Gasteiger partial charge in [-0.1, -0.05) is 0 Å². The van der Waals surface area contributed by atoms with Gasteiger partial charge >= 0.3 is 0 Å². The molecule has 2 aliphatic rings. The van der Waals surface area contributed by atoms with Crippen molar-refractivity contribution in [3.8, 4) is 0 Å². The van der Waals surface area contributed by atoms with Gasteiger partial charge in [-0.2, -0.15) is 0 Å². The molecule has 2 fully saturated rings. The van der Waals surface area contributed by atoms with Gasteiger partial charge in [-0.05, 0) is 40.3 Å². The summed E-state index contributed by atoms with van der Waals surface area (Å²) in [6, 6.07) is 2.37. The van der Waals surface area contributed by atoms with Crippen LogP contribution in [0.5, 0.6) is 0 Å². The average molecular weight is 211 g/mol. The lowest BCUT2D eigenvalue weighted by atomic mass is 10.2. The highest BCUT2D eigenvalue weighted by Crippen LogP contribution is 2.24. The van der Waals surface area contributed by atoms with E-state index in [-0.39, 0.29) is 0 Å². The molecule has 15 heavy (non-hydrogen) atoms. The molecular formula is C12H25N3. The molecule has 0 bridgehead atoms. The van der Waals surface area contributed by atoms with E-state index >= 15 is 0 Å². The maximum atomic E-state index is 3.67. The molecule has 1 saturated carbocycles. The van der Waals surface area contributed by atoms with Gasteiger partial charge in [0.1, 0.15) is 0 Å². The van der Waals surface area contributed by atoms with Gasteiger partial charge in [0.15, 0.2) is 0 Å². The Kier molecular flexibility index (Phi) is 3.65. The first-order chi connectivity index (χ1) is 7.16. The summed E-state index contributed by atoms with van der Waals surface area (Å²) in [5.74, 6) is 0. The Hall–Kier alpha value is -0.120. The molecule has 3 nitrogen and oxygen atoms in total. The highest BCUT2D eigenvalue weighted by molar-refractivity contribution is 4.86. The largest absolute Gasteiger partial charge is 0.311 e. The van der Waals surface area contributed by atoms with Crippen LogP contribution in [0.25, 0.3) is 0 Å². The Morgan fingerprint density at radius 3 is 2.67 bits per heavy atom. The average Bonchev–Trinajstić information content (AvgIpc) is 2.96. The predicted molar refractivity (Wildman–Crippen MR) is 64.2 cm³/mol. The fourth-order valence-electron chi connectivity index (χ4n) is 2.48. The Bertz CT molecular complexity index is 193. The van der Waals surface area contributed by atoms with Gasteiger partial charge < -0.3 is 15.1 Å². The first kappa shape index (κ1) is 11.4. The SMILES string of the molecule is CC1CC(NCCN(C)C2CC2)CN1C. The summed E-state index contributed by atoms with van der Waals surface area (Å²) in [6.45, 7) is 5.89. The lowest BCUT2D eigenvalue weighted by Crippen LogP contribution is -2.37. The number of likely N-dealkylation sites (N-methyl/N-ethyl adjacent to an activating group) is 2. The molecule has 1 heterocycles. The minimum Gasteiger partial charge on any atom is -0.311 e. The molecule has 2 atom stereocenters. The fourth-order valence-corrected chi connectivity index (χ4v) is 2.48. The summed E-state index contributed by atoms with van der Waals surface area (Å²) in [6.07, 6.45) is 4.14. The van der Waals surface area contributed by atoms with E-state index in [9.17, 15) is 0 Å². The van der Waals surface area contributed by atoms with Gasteiger partial charge in [0.05, 0.1) is 0 Å². The fraction of sp³-hybridized carbons (Fsp3) is 1.00. The smallest absolute Gasteiger partial charge is 0.0210 e. The summed E-state index contributed by atoms with van der Waals surface area (Å²) >= 11 is 0. The minimum atomic E-state index is 0.720. The van der Waals surface area contributed by atoms with Crippen LogP contribution in [0.3, 0.4) is 0 Å². The summed E-state index contributed by atoms with van der Waals surface area (Å²) < 4.78 is 0. The van der Waals surface area contributed by atoms with Crippen molar-refractivity contribution in [2.45, 2.75) is 44.3 Å². The van der Waals surface area contributed by atoms with E-state index in [1.165, 1.54) is 32.4 Å². The maximum absolute atomic E-state index is 3.67. The van der Waals surface area contributed by atoms with Crippen LogP contribution in [0.2, 0.25) is 0 Å². The van der Waals surface area contributed by atoms with Gasteiger partial charge in [-0.15, -0.1) is 0 Å². The van der Waals surface area contributed by atoms with Crippen LogP contribution < -0.4 is 5.32 Å². The topological polar surface area (TPSA) is 18.5 Å². The standard InChI is InChI=1S/C12H25N3/c1-10-8-11(9-15(10)3)13-6-7-14(2)12-4-5-12/h10-13H,4-9H2,1-3H3. The van der Waals surface area contributed by atoms with Crippen molar-refractivity contribution in [1.29, 1.82) is 0 Å². The highest BCUT2D eigenvalue weighted by Gasteiger charge is 2.27. The number of nitrogens with one attached hydrogen (secondary N) is 1. The van der Waals surface area contributed by atoms with E-state index in [0.29, 0.717) is 0 Å². The molecule has 0 spiro atoms. The normalized spacial score (nSPS) is 32.8. The monoisotopic (exact) mass is 211 g/mol. The highest BCUT2D eigenvalue weighted by atomic mass is 15.2. The van der Waals surface area contributed by atoms with Gasteiger partial charge in [0, 0.05) is 37.8 Å². The van der Waals surface area contributed by atoms with Gasteiger partial charge in [0.2, 0.25) is 0 Å². The number of hydrogen-bond donors (Lipinski definition) is 1. The van der Waals surface area contributed by atoms with E-state index in [4.69, 9.17) is 0 Å². The van der Waals surface area contributed by atoms with Crippen molar-refractivity contribution >= 4 is 0 Å². The first-order valence-corrected chi connectivity index (χ1v) is 6.30. The zero-order valence-electron chi connectivity index (χ0n) is 10.4. The van der Waals surface area contributed by atoms with Crippen LogP contribution >= 0.6 is 0 Å². The van der Waals surface area contributed by atoms with Crippen molar-refractivity contribution in [2.24, 2.45) is 0 Å². The maximum Gasteiger partial charge on any atom is 0.0210 e. The van der Waals surface area contributed by atoms with Gasteiger partial charge in [-0.25, -0.2) is 0 Å². The molecule has 88 valence electrons. The lowest BCUT2D eigenvalue weighted by Gasteiger charge is -2.18. The van der Waals surface area contributed by atoms with Crippen LogP contribution in [0, 0.1) is 0 Å². The molecule has 0 aromatic carbocycles. The molecule has 2 unspecified atom stereocenters. The summed E-state index contributed by atoms with van der Waals surface area (Å²) in [4.78, 5) is 4.94. The second-order valence-corrected chi connectivity index (χ2v) is 5.39. The van der Waals surface area contributed by atoms with Crippen LogP contribution in [-0.4, -0.2) is 61.7 Å². The van der Waals surface area contributed by atoms with Crippen LogP contribution in [0.4, 0.5) is 0 Å². The molecule has 1 saturated heterocycles. The van der Waals surface area contributed by atoms with Crippen molar-refractivity contribution in [2.75, 3.05) is 33.7 Å². The second kappa shape index (κ2) is 4.81. The molecule has 3 heteroatoms. The van der Waals surface area contributed by atoms with Gasteiger partial charge in [-0.3, -0.25) is 0 Å². The molecule has 0 aromatic rings. The zero-order valence-corrected chi connectivity index (χ0v) is 10.4. The van der Waals surface area contributed by atoms with E-state index < -0.39 is 0 Å². The molecule has 1 aliphatic carbocycles. The molecule has 1 N–H and O–H groups in total. The van der Waals surface area contributed by atoms with E-state index in [2.05, 4.69) is 36.1 Å². The third-order valence-corrected chi connectivity index (χ3v) is 3.95. The van der Waals surface area contributed by atoms with Crippen molar-refractivity contribution < 1.29 is 0 Å². The molecule has 0 aromatic heterocycles. The Labute approximate surface area is 93.8 Å². The quantitative estimate of drug-likeness (QED) is 0.724. The minimum absolute atomic E-state index is 0.720. The zero-order chi connectivity index (χ0) is 10.8. The van der Waals surface area contributed by atoms with Crippen LogP contribution in [0.1, 0.15) is 26.2 Å². The molecular weight excluding hydrogens is 186 g/mol. The van der Waals surface area contributed by atoms with E-state index in [1.54, 1.807) is 0 Å². The molecule has 0 amide bonds. The Morgan fingerprint density at radius 2 is 2.13 bits per heavy atom. The number of nitrogens with zero attached hydrogens (tertiary/aromatic N) is 2. The molecule has 1 aliphatic heterocycles. The van der Waals surface area contributed by atoms with Crippen molar-refractivity contribution in [3.63, 3.8) is 0 Å². The summed E-state index contributed by atoms with van der Waals surface area (Å²) in [5.41, 5.74) is 0. The van der Waals surface area contributed by atoms with Crippen molar-refractivity contribution in [1.82, 2.24) is 15.1 Å². The Morgan fingerprint density at radius 1 is 1.40 bits per heavy atom. The first-order valence-electron chi connectivity index (χ1n) is 6.30. The molecule has 2 rings (SSSR count). The summed E-state index contributed by atoms with van der Waals surface area (Å²) in [7, 11) is 4.48. The van der Waals surface area contributed by atoms with Crippen molar-refractivity contribution in [3.05, 3.63) is 0 Å². The lowest BCUT2D eigenvalue weighted by molar-refractivity contribution is 0.309. The number of rotatable bonds is 5. The van der Waals surface area contributed by atoms with E-state index in [0.717, 1.165) is 24.7 Å². The second-order valence-electron chi connectivity index (χ2n) is 5.39. The molecule has 0 radical (unpaired) electrons. The third-order valence-electron chi connectivity index (χ3n) is 3.95. The van der Waals surface area contributed by atoms with Gasteiger partial charge in [0.25, 0.3) is 0 Å². The Balaban J connectivity index is 1.58. The summed E-state index contributed by atoms with van der Waals surface area (Å²) in [5, 5.41) is 3.67. The predicted octanol–water partition coefficient (Wildman–Crippen LogP) is 0.763. The number of likely N-dealkylation sites (tertiary alicyclic amines) is 1. The van der Waals surface area contributed by atoms with E-state index in [1.807, 2.05) is 0 Å². The third kappa shape index (κ3) is 3.16. The van der Waals surface area contributed by atoms with Crippen LogP contribution in [0.15, 0.2) is 0 Å².